The number of furan rings is 1. The number of carbonyl (C=O) groups is 2. The molecule has 0 saturated carbocycles. The highest BCUT2D eigenvalue weighted by Crippen LogP contribution is 2.30. The highest BCUT2D eigenvalue weighted by Gasteiger charge is 2.26. The van der Waals surface area contributed by atoms with Crippen LogP contribution in [0.5, 0.6) is 0 Å². The Morgan fingerprint density at radius 2 is 1.91 bits per heavy atom. The Balaban J connectivity index is 2.39. The van der Waals surface area contributed by atoms with Gasteiger partial charge in [0, 0.05) is 18.2 Å². The molecule has 0 bridgehead atoms. The van der Waals surface area contributed by atoms with Crippen LogP contribution in [0.2, 0.25) is 0 Å². The van der Waals surface area contributed by atoms with E-state index >= 15 is 0 Å². The summed E-state index contributed by atoms with van der Waals surface area (Å²) in [5, 5.41) is 11.6. The Bertz CT molecular complexity index is 705. The number of benzene rings is 1. The van der Waals surface area contributed by atoms with Gasteiger partial charge >= 0.3 is 5.97 Å². The van der Waals surface area contributed by atoms with Crippen molar-refractivity contribution in [2.75, 3.05) is 13.7 Å². The standard InChI is InChI=1S/C17H19NO5/c1-10-11(2)23-15(12-7-5-4-6-8-12)14(10)16(19)18-13(9-22-3)17(20)21/h4-8,13H,9H2,1-3H3,(H,18,19)(H,20,21). The molecule has 23 heavy (non-hydrogen) atoms. The molecule has 1 unspecified atom stereocenters. The number of aryl methyl sites for hydroxylation is 1. The average Bonchev–Trinajstić information content (AvgIpc) is 2.83. The van der Waals surface area contributed by atoms with E-state index in [-0.39, 0.29) is 6.61 Å². The van der Waals surface area contributed by atoms with E-state index in [2.05, 4.69) is 5.32 Å². The highest BCUT2D eigenvalue weighted by molar-refractivity contribution is 6.02. The lowest BCUT2D eigenvalue weighted by Gasteiger charge is -2.14. The van der Waals surface area contributed by atoms with Crippen molar-refractivity contribution >= 4 is 11.9 Å². The first kappa shape index (κ1) is 16.8. The molecule has 1 amide bonds. The molecule has 2 aromatic rings. The molecule has 1 aromatic carbocycles. The molecule has 6 heteroatoms. The van der Waals surface area contributed by atoms with E-state index in [0.717, 1.165) is 5.56 Å². The van der Waals surface area contributed by atoms with Gasteiger partial charge in [-0.3, -0.25) is 4.79 Å². The first-order chi connectivity index (χ1) is 11.0. The predicted molar refractivity (Wildman–Crippen MR) is 84.4 cm³/mol. The number of carbonyl (C=O) groups excluding carboxylic acids is 1. The fourth-order valence-corrected chi connectivity index (χ4v) is 2.26. The van der Waals surface area contributed by atoms with Gasteiger partial charge in [0.1, 0.15) is 11.5 Å². The normalized spacial score (nSPS) is 12.0. The minimum atomic E-state index is -1.15. The number of hydrogen-bond donors (Lipinski definition) is 2. The van der Waals surface area contributed by atoms with Crippen molar-refractivity contribution in [3.8, 4) is 11.3 Å². The van der Waals surface area contributed by atoms with Crippen molar-refractivity contribution in [2.45, 2.75) is 19.9 Å². The summed E-state index contributed by atoms with van der Waals surface area (Å²) in [6.45, 7) is 3.42. The van der Waals surface area contributed by atoms with Crippen LogP contribution in [0.4, 0.5) is 0 Å². The summed E-state index contributed by atoms with van der Waals surface area (Å²) in [6, 6.07) is 8.09. The lowest BCUT2D eigenvalue weighted by Crippen LogP contribution is -2.44. The first-order valence-corrected chi connectivity index (χ1v) is 7.13. The van der Waals surface area contributed by atoms with Crippen molar-refractivity contribution in [2.24, 2.45) is 0 Å². The largest absolute Gasteiger partial charge is 0.480 e. The van der Waals surface area contributed by atoms with Gasteiger partial charge in [-0.1, -0.05) is 30.3 Å². The summed E-state index contributed by atoms with van der Waals surface area (Å²) in [4.78, 5) is 23.8. The highest BCUT2D eigenvalue weighted by atomic mass is 16.5. The lowest BCUT2D eigenvalue weighted by molar-refractivity contribution is -0.140. The minimum Gasteiger partial charge on any atom is -0.480 e. The summed E-state index contributed by atoms with van der Waals surface area (Å²) in [7, 11) is 1.38. The SMILES string of the molecule is COCC(NC(=O)c1c(-c2ccccc2)oc(C)c1C)C(=O)O. The van der Waals surface area contributed by atoms with Crippen LogP contribution in [0.1, 0.15) is 21.7 Å². The second kappa shape index (κ2) is 7.11. The van der Waals surface area contributed by atoms with Crippen LogP contribution in [-0.2, 0) is 9.53 Å². The van der Waals surface area contributed by atoms with Gasteiger partial charge in [-0.05, 0) is 13.8 Å². The molecular formula is C17H19NO5. The van der Waals surface area contributed by atoms with Gasteiger partial charge in [-0.25, -0.2) is 4.79 Å². The number of ether oxygens (including phenoxy) is 1. The van der Waals surface area contributed by atoms with Gasteiger partial charge in [0.2, 0.25) is 0 Å². The number of amides is 1. The maximum atomic E-state index is 12.6. The molecule has 1 heterocycles. The summed E-state index contributed by atoms with van der Waals surface area (Å²) in [5.41, 5.74) is 1.78. The molecule has 0 radical (unpaired) electrons. The molecule has 1 aromatic heterocycles. The Kier molecular flexibility index (Phi) is 5.18. The summed E-state index contributed by atoms with van der Waals surface area (Å²) in [5.74, 6) is -0.603. The van der Waals surface area contributed by atoms with Gasteiger partial charge < -0.3 is 19.6 Å². The van der Waals surface area contributed by atoms with Crippen LogP contribution >= 0.6 is 0 Å². The van der Waals surface area contributed by atoms with Crippen molar-refractivity contribution in [1.29, 1.82) is 0 Å². The van der Waals surface area contributed by atoms with Crippen LogP contribution in [0.15, 0.2) is 34.7 Å². The number of methoxy groups -OCH3 is 1. The monoisotopic (exact) mass is 317 g/mol. The minimum absolute atomic E-state index is 0.113. The molecule has 2 N–H and O–H groups in total. The van der Waals surface area contributed by atoms with E-state index in [1.165, 1.54) is 7.11 Å². The third kappa shape index (κ3) is 3.60. The van der Waals surface area contributed by atoms with Crippen LogP contribution < -0.4 is 5.32 Å². The third-order valence-electron chi connectivity index (χ3n) is 3.59. The summed E-state index contributed by atoms with van der Waals surface area (Å²) < 4.78 is 10.5. The fraction of sp³-hybridized carbons (Fsp3) is 0.294. The van der Waals surface area contributed by atoms with E-state index < -0.39 is 17.9 Å². The van der Waals surface area contributed by atoms with Crippen LogP contribution in [-0.4, -0.2) is 36.7 Å². The Labute approximate surface area is 134 Å². The Morgan fingerprint density at radius 3 is 2.48 bits per heavy atom. The molecule has 0 fully saturated rings. The van der Waals surface area contributed by atoms with Gasteiger partial charge in [0.05, 0.1) is 12.2 Å². The van der Waals surface area contributed by atoms with E-state index in [4.69, 9.17) is 14.3 Å². The fourth-order valence-electron chi connectivity index (χ4n) is 2.26. The van der Waals surface area contributed by atoms with E-state index in [9.17, 15) is 9.59 Å². The third-order valence-corrected chi connectivity index (χ3v) is 3.59. The Hall–Kier alpha value is -2.60. The zero-order chi connectivity index (χ0) is 17.0. The molecule has 6 nitrogen and oxygen atoms in total. The average molecular weight is 317 g/mol. The maximum absolute atomic E-state index is 12.6. The van der Waals surface area contributed by atoms with Gasteiger partial charge in [0.15, 0.2) is 6.04 Å². The molecule has 0 aliphatic heterocycles. The summed E-state index contributed by atoms with van der Waals surface area (Å²) >= 11 is 0. The zero-order valence-corrected chi connectivity index (χ0v) is 13.3. The van der Waals surface area contributed by atoms with Crippen LogP contribution in [0, 0.1) is 13.8 Å². The van der Waals surface area contributed by atoms with Crippen LogP contribution in [0.25, 0.3) is 11.3 Å². The van der Waals surface area contributed by atoms with Gasteiger partial charge in [-0.2, -0.15) is 0 Å². The number of carboxylic acid groups (broad SMARTS) is 1. The molecule has 0 spiro atoms. The summed E-state index contributed by atoms with van der Waals surface area (Å²) in [6.07, 6.45) is 0. The second-order valence-corrected chi connectivity index (χ2v) is 5.17. The van der Waals surface area contributed by atoms with E-state index in [1.807, 2.05) is 30.3 Å². The molecule has 0 aliphatic carbocycles. The molecule has 122 valence electrons. The van der Waals surface area contributed by atoms with Gasteiger partial charge in [0.25, 0.3) is 5.91 Å². The number of rotatable bonds is 6. The number of nitrogens with one attached hydrogen (secondary N) is 1. The molecule has 0 aliphatic rings. The molecule has 2 rings (SSSR count). The number of carboxylic acids is 1. The molecule has 0 saturated heterocycles. The maximum Gasteiger partial charge on any atom is 0.328 e. The van der Waals surface area contributed by atoms with Crippen LogP contribution in [0.3, 0.4) is 0 Å². The number of aliphatic carboxylic acids is 1. The van der Waals surface area contributed by atoms with Crippen molar-refractivity contribution in [3.05, 3.63) is 47.2 Å². The smallest absolute Gasteiger partial charge is 0.328 e. The van der Waals surface area contributed by atoms with Crippen molar-refractivity contribution < 1.29 is 23.8 Å². The Morgan fingerprint density at radius 1 is 1.26 bits per heavy atom. The second-order valence-electron chi connectivity index (χ2n) is 5.17. The van der Waals surface area contributed by atoms with E-state index in [1.54, 1.807) is 13.8 Å². The van der Waals surface area contributed by atoms with Crippen molar-refractivity contribution in [3.63, 3.8) is 0 Å². The predicted octanol–water partition coefficient (Wildman–Crippen LogP) is 2.39. The van der Waals surface area contributed by atoms with Gasteiger partial charge in [-0.15, -0.1) is 0 Å². The zero-order valence-electron chi connectivity index (χ0n) is 13.3. The van der Waals surface area contributed by atoms with Crippen molar-refractivity contribution in [1.82, 2.24) is 5.32 Å². The quantitative estimate of drug-likeness (QED) is 0.854. The molecular weight excluding hydrogens is 298 g/mol. The first-order valence-electron chi connectivity index (χ1n) is 7.13. The molecule has 1 atom stereocenters. The topological polar surface area (TPSA) is 88.8 Å². The van der Waals surface area contributed by atoms with E-state index in [0.29, 0.717) is 22.6 Å². The lowest BCUT2D eigenvalue weighted by atomic mass is 10.0. The number of hydrogen-bond acceptors (Lipinski definition) is 4.